The molecule has 0 aliphatic rings. The third kappa shape index (κ3) is 3.10. The van der Waals surface area contributed by atoms with Gasteiger partial charge >= 0.3 is 0 Å². The number of hydrogen-bond donors (Lipinski definition) is 0. The molecule has 17 heavy (non-hydrogen) atoms. The molecule has 0 amide bonds. The standard InChI is InChI=1S/C12H10FN3S/c1-17-12(11-5-6-14-8-15-11)16-10-4-2-3-9(13)7-10/h2-8H,1H3. The van der Waals surface area contributed by atoms with E-state index in [1.807, 2.05) is 6.26 Å². The lowest BCUT2D eigenvalue weighted by molar-refractivity contribution is 0.628. The maximum absolute atomic E-state index is 13.0. The van der Waals surface area contributed by atoms with Gasteiger partial charge < -0.3 is 0 Å². The fourth-order valence-corrected chi connectivity index (χ4v) is 1.81. The van der Waals surface area contributed by atoms with E-state index in [9.17, 15) is 4.39 Å². The second-order valence-corrected chi connectivity index (χ2v) is 3.99. The largest absolute Gasteiger partial charge is 0.245 e. The topological polar surface area (TPSA) is 38.1 Å². The molecular weight excluding hydrogens is 237 g/mol. The summed E-state index contributed by atoms with van der Waals surface area (Å²) in [6.45, 7) is 0. The summed E-state index contributed by atoms with van der Waals surface area (Å²) < 4.78 is 13.0. The van der Waals surface area contributed by atoms with Crippen molar-refractivity contribution in [2.45, 2.75) is 0 Å². The average molecular weight is 247 g/mol. The molecule has 0 N–H and O–H groups in total. The third-order valence-electron chi connectivity index (χ3n) is 2.03. The molecule has 0 saturated heterocycles. The van der Waals surface area contributed by atoms with Crippen LogP contribution < -0.4 is 0 Å². The molecule has 1 heterocycles. The first kappa shape index (κ1) is 11.7. The SMILES string of the molecule is CSC(=Nc1cccc(F)c1)c1ccncn1. The summed E-state index contributed by atoms with van der Waals surface area (Å²) >= 11 is 1.46. The van der Waals surface area contributed by atoms with Crippen LogP contribution in [0, 0.1) is 5.82 Å². The van der Waals surface area contributed by atoms with E-state index in [1.165, 1.54) is 30.2 Å². The Hall–Kier alpha value is -1.75. The molecule has 0 atom stereocenters. The number of aliphatic imine (C=N–C) groups is 1. The maximum Gasteiger partial charge on any atom is 0.125 e. The van der Waals surface area contributed by atoms with E-state index in [2.05, 4.69) is 15.0 Å². The summed E-state index contributed by atoms with van der Waals surface area (Å²) in [5.41, 5.74) is 1.31. The molecule has 0 saturated carbocycles. The molecular formula is C12H10FN3S. The highest BCUT2D eigenvalue weighted by molar-refractivity contribution is 8.13. The van der Waals surface area contributed by atoms with Gasteiger partial charge in [-0.25, -0.2) is 19.4 Å². The first-order valence-electron chi connectivity index (χ1n) is 4.94. The van der Waals surface area contributed by atoms with Gasteiger partial charge in [-0.2, -0.15) is 0 Å². The molecule has 86 valence electrons. The van der Waals surface area contributed by atoms with Gasteiger partial charge in [-0.05, 0) is 30.5 Å². The summed E-state index contributed by atoms with van der Waals surface area (Å²) in [5.74, 6) is -0.297. The molecule has 0 spiro atoms. The van der Waals surface area contributed by atoms with Crippen molar-refractivity contribution < 1.29 is 4.39 Å². The molecule has 3 nitrogen and oxygen atoms in total. The molecule has 2 aromatic rings. The zero-order valence-corrected chi connectivity index (χ0v) is 9.99. The normalized spacial score (nSPS) is 11.5. The number of benzene rings is 1. The van der Waals surface area contributed by atoms with E-state index >= 15 is 0 Å². The van der Waals surface area contributed by atoms with Crippen LogP contribution in [-0.4, -0.2) is 21.3 Å². The Kier molecular flexibility index (Phi) is 3.82. The van der Waals surface area contributed by atoms with E-state index in [1.54, 1.807) is 24.4 Å². The molecule has 1 aromatic carbocycles. The summed E-state index contributed by atoms with van der Waals surface area (Å²) in [4.78, 5) is 12.3. The molecule has 2 rings (SSSR count). The summed E-state index contributed by atoms with van der Waals surface area (Å²) in [5, 5.41) is 0.734. The molecule has 0 fully saturated rings. The monoisotopic (exact) mass is 247 g/mol. The van der Waals surface area contributed by atoms with Crippen LogP contribution in [0.2, 0.25) is 0 Å². The van der Waals surface area contributed by atoms with E-state index in [0.29, 0.717) is 5.69 Å². The molecule has 5 heteroatoms. The summed E-state index contributed by atoms with van der Waals surface area (Å²) in [6, 6.07) is 7.93. The second kappa shape index (κ2) is 5.54. The summed E-state index contributed by atoms with van der Waals surface area (Å²) in [7, 11) is 0. The van der Waals surface area contributed by atoms with Gasteiger partial charge in [0.25, 0.3) is 0 Å². The minimum atomic E-state index is -0.297. The van der Waals surface area contributed by atoms with Gasteiger partial charge in [-0.3, -0.25) is 0 Å². The predicted octanol–water partition coefficient (Wildman–Crippen LogP) is 3.06. The van der Waals surface area contributed by atoms with Gasteiger partial charge in [0.1, 0.15) is 17.2 Å². The van der Waals surface area contributed by atoms with E-state index in [4.69, 9.17) is 0 Å². The minimum Gasteiger partial charge on any atom is -0.245 e. The van der Waals surface area contributed by atoms with Crippen molar-refractivity contribution in [2.75, 3.05) is 6.26 Å². The second-order valence-electron chi connectivity index (χ2n) is 3.20. The van der Waals surface area contributed by atoms with Crippen LogP contribution >= 0.6 is 11.8 Å². The first-order valence-corrected chi connectivity index (χ1v) is 6.16. The zero-order valence-electron chi connectivity index (χ0n) is 9.17. The van der Waals surface area contributed by atoms with Gasteiger partial charge in [0.2, 0.25) is 0 Å². The number of aromatic nitrogens is 2. The van der Waals surface area contributed by atoms with Crippen molar-refractivity contribution in [1.82, 2.24) is 9.97 Å². The van der Waals surface area contributed by atoms with E-state index in [-0.39, 0.29) is 5.82 Å². The average Bonchev–Trinajstić information content (AvgIpc) is 2.37. The first-order chi connectivity index (χ1) is 8.29. The van der Waals surface area contributed by atoms with E-state index in [0.717, 1.165) is 10.7 Å². The Morgan fingerprint density at radius 1 is 1.35 bits per heavy atom. The van der Waals surface area contributed by atoms with Crippen LogP contribution in [0.3, 0.4) is 0 Å². The highest BCUT2D eigenvalue weighted by Gasteiger charge is 2.03. The van der Waals surface area contributed by atoms with Crippen molar-refractivity contribution in [3.8, 4) is 0 Å². The fourth-order valence-electron chi connectivity index (χ4n) is 1.29. The summed E-state index contributed by atoms with van der Waals surface area (Å²) in [6.07, 6.45) is 5.02. The quantitative estimate of drug-likeness (QED) is 0.604. The van der Waals surface area contributed by atoms with Crippen LogP contribution in [0.15, 0.2) is 47.8 Å². The third-order valence-corrected chi connectivity index (χ3v) is 2.72. The molecule has 0 aliphatic carbocycles. The van der Waals surface area contributed by atoms with Crippen molar-refractivity contribution in [2.24, 2.45) is 4.99 Å². The van der Waals surface area contributed by atoms with Crippen LogP contribution in [0.25, 0.3) is 0 Å². The van der Waals surface area contributed by atoms with Gasteiger partial charge in [-0.15, -0.1) is 11.8 Å². The highest BCUT2D eigenvalue weighted by atomic mass is 32.2. The minimum absolute atomic E-state index is 0.297. The van der Waals surface area contributed by atoms with Crippen LogP contribution in [0.5, 0.6) is 0 Å². The van der Waals surface area contributed by atoms with E-state index < -0.39 is 0 Å². The van der Waals surface area contributed by atoms with Crippen molar-refractivity contribution >= 4 is 22.5 Å². The number of hydrogen-bond acceptors (Lipinski definition) is 4. The molecule has 0 unspecified atom stereocenters. The van der Waals surface area contributed by atoms with Gasteiger partial charge in [0.15, 0.2) is 0 Å². The molecule has 0 aliphatic heterocycles. The van der Waals surface area contributed by atoms with Gasteiger partial charge in [0.05, 0.1) is 11.4 Å². The Morgan fingerprint density at radius 2 is 2.24 bits per heavy atom. The number of nitrogens with zero attached hydrogens (tertiary/aromatic N) is 3. The number of rotatable bonds is 2. The lowest BCUT2D eigenvalue weighted by Crippen LogP contribution is -1.98. The Morgan fingerprint density at radius 3 is 2.88 bits per heavy atom. The van der Waals surface area contributed by atoms with Gasteiger partial charge in [-0.1, -0.05) is 6.07 Å². The lowest BCUT2D eigenvalue weighted by atomic mass is 10.3. The van der Waals surface area contributed by atoms with Crippen molar-refractivity contribution in [3.05, 3.63) is 54.4 Å². The number of thioether (sulfide) groups is 1. The molecule has 0 bridgehead atoms. The van der Waals surface area contributed by atoms with Crippen molar-refractivity contribution in [1.29, 1.82) is 0 Å². The Bertz CT molecular complexity index is 528. The van der Waals surface area contributed by atoms with Gasteiger partial charge in [0, 0.05) is 6.20 Å². The van der Waals surface area contributed by atoms with Crippen LogP contribution in [0.4, 0.5) is 10.1 Å². The molecule has 1 aromatic heterocycles. The van der Waals surface area contributed by atoms with Crippen LogP contribution in [-0.2, 0) is 0 Å². The molecule has 0 radical (unpaired) electrons. The maximum atomic E-state index is 13.0. The zero-order chi connectivity index (χ0) is 12.1. The Labute approximate surface area is 103 Å². The smallest absolute Gasteiger partial charge is 0.125 e. The fraction of sp³-hybridized carbons (Fsp3) is 0.0833. The van der Waals surface area contributed by atoms with Crippen molar-refractivity contribution in [3.63, 3.8) is 0 Å². The highest BCUT2D eigenvalue weighted by Crippen LogP contribution is 2.18. The lowest BCUT2D eigenvalue weighted by Gasteiger charge is -2.02. The number of halogens is 1. The van der Waals surface area contributed by atoms with Crippen LogP contribution in [0.1, 0.15) is 5.69 Å². The Balaban J connectivity index is 2.36. The predicted molar refractivity (Wildman–Crippen MR) is 68.1 cm³/mol.